The molecule has 0 amide bonds. The summed E-state index contributed by atoms with van der Waals surface area (Å²) in [7, 11) is 0. The molecule has 0 aliphatic carbocycles. The van der Waals surface area contributed by atoms with Gasteiger partial charge in [-0.15, -0.1) is 5.10 Å². The second kappa shape index (κ2) is 3.33. The van der Waals surface area contributed by atoms with Gasteiger partial charge < -0.3 is 5.73 Å². The zero-order chi connectivity index (χ0) is 10.1. The molecule has 14 heavy (non-hydrogen) atoms. The first kappa shape index (κ1) is 9.07. The van der Waals surface area contributed by atoms with E-state index in [1.54, 1.807) is 6.20 Å². The topological polar surface area (TPSA) is 82.5 Å². The number of anilines is 1. The fourth-order valence-electron chi connectivity index (χ4n) is 0.923. The van der Waals surface area contributed by atoms with Crippen molar-refractivity contribution in [2.75, 3.05) is 5.73 Å². The second-order valence-corrected chi connectivity index (χ2v) is 3.51. The van der Waals surface area contributed by atoms with Gasteiger partial charge in [-0.1, -0.05) is 0 Å². The average molecular weight is 255 g/mol. The van der Waals surface area contributed by atoms with E-state index in [0.29, 0.717) is 5.95 Å². The molecule has 0 fully saturated rings. The van der Waals surface area contributed by atoms with E-state index in [1.807, 2.05) is 6.92 Å². The molecular formula is C7H7BrN6. The fourth-order valence-corrected chi connectivity index (χ4v) is 1.11. The lowest BCUT2D eigenvalue weighted by Crippen LogP contribution is -2.03. The molecule has 0 aromatic carbocycles. The number of halogens is 1. The van der Waals surface area contributed by atoms with Crippen molar-refractivity contribution in [3.05, 3.63) is 22.7 Å². The van der Waals surface area contributed by atoms with Crippen molar-refractivity contribution in [1.82, 2.24) is 24.7 Å². The van der Waals surface area contributed by atoms with Gasteiger partial charge in [0.15, 0.2) is 0 Å². The van der Waals surface area contributed by atoms with Crippen LogP contribution in [0.3, 0.4) is 0 Å². The Hall–Kier alpha value is -1.50. The van der Waals surface area contributed by atoms with Crippen molar-refractivity contribution in [2.24, 2.45) is 0 Å². The molecule has 0 aliphatic heterocycles. The molecule has 2 aromatic heterocycles. The van der Waals surface area contributed by atoms with Crippen LogP contribution < -0.4 is 5.73 Å². The number of aryl methyl sites for hydroxylation is 1. The Morgan fingerprint density at radius 1 is 1.43 bits per heavy atom. The standard InChI is InChI=1S/C7H7BrN6/c1-4-5(8)2-10-7(12-4)14-3-11-6(9)13-14/h2-3H,1H3,(H2,9,13). The minimum absolute atomic E-state index is 0.203. The first-order valence-corrected chi connectivity index (χ1v) is 4.63. The monoisotopic (exact) mass is 254 g/mol. The van der Waals surface area contributed by atoms with Crippen LogP contribution in [0.15, 0.2) is 17.0 Å². The van der Waals surface area contributed by atoms with Gasteiger partial charge in [0, 0.05) is 6.20 Å². The number of nitrogens with two attached hydrogens (primary N) is 1. The van der Waals surface area contributed by atoms with Crippen LogP contribution in [0.5, 0.6) is 0 Å². The first-order valence-electron chi connectivity index (χ1n) is 3.83. The van der Waals surface area contributed by atoms with Crippen LogP contribution in [0.25, 0.3) is 5.95 Å². The van der Waals surface area contributed by atoms with E-state index in [0.717, 1.165) is 10.2 Å². The van der Waals surface area contributed by atoms with Crippen LogP contribution in [0.4, 0.5) is 5.95 Å². The molecule has 0 unspecified atom stereocenters. The molecule has 0 spiro atoms. The minimum Gasteiger partial charge on any atom is -0.366 e. The zero-order valence-electron chi connectivity index (χ0n) is 7.35. The Labute approximate surface area is 88.3 Å². The molecule has 0 bridgehead atoms. The van der Waals surface area contributed by atoms with E-state index in [1.165, 1.54) is 11.0 Å². The summed E-state index contributed by atoms with van der Waals surface area (Å²) in [6.45, 7) is 1.87. The highest BCUT2D eigenvalue weighted by atomic mass is 79.9. The van der Waals surface area contributed by atoms with Gasteiger partial charge in [-0.05, 0) is 22.9 Å². The summed E-state index contributed by atoms with van der Waals surface area (Å²) in [5.41, 5.74) is 6.21. The maximum Gasteiger partial charge on any atom is 0.252 e. The first-order chi connectivity index (χ1) is 6.66. The van der Waals surface area contributed by atoms with Gasteiger partial charge in [0.25, 0.3) is 5.95 Å². The zero-order valence-corrected chi connectivity index (χ0v) is 8.93. The van der Waals surface area contributed by atoms with Crippen molar-refractivity contribution < 1.29 is 0 Å². The fraction of sp³-hybridized carbons (Fsp3) is 0.143. The molecule has 0 aliphatic rings. The molecule has 2 rings (SSSR count). The highest BCUT2D eigenvalue weighted by molar-refractivity contribution is 9.10. The molecule has 2 aromatic rings. The summed E-state index contributed by atoms with van der Waals surface area (Å²) in [5.74, 6) is 0.657. The quantitative estimate of drug-likeness (QED) is 0.811. The summed E-state index contributed by atoms with van der Waals surface area (Å²) in [6, 6.07) is 0. The molecule has 2 heterocycles. The van der Waals surface area contributed by atoms with Gasteiger partial charge >= 0.3 is 0 Å². The smallest absolute Gasteiger partial charge is 0.252 e. The molecular weight excluding hydrogens is 248 g/mol. The van der Waals surface area contributed by atoms with Crippen molar-refractivity contribution in [3.8, 4) is 5.95 Å². The number of nitrogens with zero attached hydrogens (tertiary/aromatic N) is 5. The van der Waals surface area contributed by atoms with Gasteiger partial charge in [-0.2, -0.15) is 4.68 Å². The summed E-state index contributed by atoms with van der Waals surface area (Å²) >= 11 is 3.31. The molecule has 0 saturated heterocycles. The molecule has 0 atom stereocenters. The van der Waals surface area contributed by atoms with E-state index >= 15 is 0 Å². The van der Waals surface area contributed by atoms with E-state index < -0.39 is 0 Å². The Morgan fingerprint density at radius 2 is 2.21 bits per heavy atom. The van der Waals surface area contributed by atoms with E-state index in [-0.39, 0.29) is 5.95 Å². The van der Waals surface area contributed by atoms with Crippen LogP contribution in [0.2, 0.25) is 0 Å². The van der Waals surface area contributed by atoms with Crippen LogP contribution in [-0.4, -0.2) is 24.7 Å². The van der Waals surface area contributed by atoms with Crippen LogP contribution in [0.1, 0.15) is 5.69 Å². The third-order valence-electron chi connectivity index (χ3n) is 1.62. The SMILES string of the molecule is Cc1nc(-n2cnc(N)n2)ncc1Br. The summed E-state index contributed by atoms with van der Waals surface area (Å²) in [6.07, 6.45) is 3.13. The lowest BCUT2D eigenvalue weighted by molar-refractivity contribution is 0.800. The summed E-state index contributed by atoms with van der Waals surface area (Å²) in [4.78, 5) is 12.1. The second-order valence-electron chi connectivity index (χ2n) is 2.65. The highest BCUT2D eigenvalue weighted by Gasteiger charge is 2.04. The van der Waals surface area contributed by atoms with Gasteiger partial charge in [0.1, 0.15) is 6.33 Å². The molecule has 7 heteroatoms. The minimum atomic E-state index is 0.203. The Kier molecular flexibility index (Phi) is 2.16. The van der Waals surface area contributed by atoms with Gasteiger partial charge in [0.2, 0.25) is 5.95 Å². The van der Waals surface area contributed by atoms with Gasteiger partial charge in [-0.3, -0.25) is 0 Å². The van der Waals surface area contributed by atoms with E-state index in [9.17, 15) is 0 Å². The number of hydrogen-bond donors (Lipinski definition) is 1. The van der Waals surface area contributed by atoms with Gasteiger partial charge in [0.05, 0.1) is 10.2 Å². The summed E-state index contributed by atoms with van der Waals surface area (Å²) in [5, 5.41) is 3.89. The lowest BCUT2D eigenvalue weighted by Gasteiger charge is -2.00. The number of hydrogen-bond acceptors (Lipinski definition) is 5. The van der Waals surface area contributed by atoms with Crippen molar-refractivity contribution in [2.45, 2.75) is 6.92 Å². The van der Waals surface area contributed by atoms with E-state index in [2.05, 4.69) is 36.0 Å². The third-order valence-corrected chi connectivity index (χ3v) is 2.40. The molecule has 6 nitrogen and oxygen atoms in total. The van der Waals surface area contributed by atoms with Crippen molar-refractivity contribution in [1.29, 1.82) is 0 Å². The van der Waals surface area contributed by atoms with Gasteiger partial charge in [-0.25, -0.2) is 15.0 Å². The van der Waals surface area contributed by atoms with Crippen LogP contribution in [0, 0.1) is 6.92 Å². The predicted octanol–water partition coefficient (Wildman–Crippen LogP) is 0.710. The maximum absolute atomic E-state index is 5.38. The normalized spacial score (nSPS) is 10.4. The summed E-state index contributed by atoms with van der Waals surface area (Å²) < 4.78 is 2.28. The van der Waals surface area contributed by atoms with Crippen molar-refractivity contribution >= 4 is 21.9 Å². The molecule has 0 radical (unpaired) electrons. The lowest BCUT2D eigenvalue weighted by atomic mass is 10.5. The number of nitrogen functional groups attached to an aromatic ring is 1. The Morgan fingerprint density at radius 3 is 2.79 bits per heavy atom. The molecule has 2 N–H and O–H groups in total. The molecule has 0 saturated carbocycles. The highest BCUT2D eigenvalue weighted by Crippen LogP contribution is 2.12. The van der Waals surface area contributed by atoms with Crippen LogP contribution >= 0.6 is 15.9 Å². The number of aromatic nitrogens is 5. The largest absolute Gasteiger partial charge is 0.366 e. The average Bonchev–Trinajstić information content (AvgIpc) is 2.57. The van der Waals surface area contributed by atoms with Crippen LogP contribution in [-0.2, 0) is 0 Å². The Balaban J connectivity index is 2.47. The van der Waals surface area contributed by atoms with E-state index in [4.69, 9.17) is 5.73 Å². The maximum atomic E-state index is 5.38. The molecule has 72 valence electrons. The predicted molar refractivity (Wildman–Crippen MR) is 53.8 cm³/mol. The Bertz CT molecular complexity index is 465. The number of rotatable bonds is 1. The van der Waals surface area contributed by atoms with Crippen molar-refractivity contribution in [3.63, 3.8) is 0 Å². The third kappa shape index (κ3) is 1.58.